The number of rotatable bonds is 5. The zero-order valence-corrected chi connectivity index (χ0v) is 14.0. The smallest absolute Gasteiger partial charge is 0.258 e. The number of nitrogens with zero attached hydrogens (tertiary/aromatic N) is 2. The maximum atomic E-state index is 12.4. The van der Waals surface area contributed by atoms with Crippen LogP contribution < -0.4 is 5.32 Å². The lowest BCUT2D eigenvalue weighted by Gasteiger charge is -2.07. The first-order valence-corrected chi connectivity index (χ1v) is 8.76. The number of hydrogen-bond acceptors (Lipinski definition) is 3. The summed E-state index contributed by atoms with van der Waals surface area (Å²) in [7, 11) is 0.646. The van der Waals surface area contributed by atoms with E-state index in [2.05, 4.69) is 10.4 Å². The fraction of sp³-hybridized carbons (Fsp3) is 0.111. The molecule has 0 saturated heterocycles. The van der Waals surface area contributed by atoms with Crippen molar-refractivity contribution in [2.24, 2.45) is 7.05 Å². The first-order valence-electron chi connectivity index (χ1n) is 7.44. The number of hydrogen-bond donors (Lipinski definition) is 1. The molecule has 0 saturated carbocycles. The van der Waals surface area contributed by atoms with E-state index in [1.165, 1.54) is 6.20 Å². The van der Waals surface area contributed by atoms with Gasteiger partial charge in [0.2, 0.25) is 0 Å². The second-order valence-electron chi connectivity index (χ2n) is 5.36. The Labute approximate surface area is 142 Å². The Balaban J connectivity index is 1.70. The number of carbonyl (C=O) groups excluding carboxylic acids is 1. The topological polar surface area (TPSA) is 64.0 Å². The lowest BCUT2D eigenvalue weighted by Crippen LogP contribution is -2.11. The van der Waals surface area contributed by atoms with E-state index < -0.39 is 10.8 Å². The minimum absolute atomic E-state index is 0.218. The summed E-state index contributed by atoms with van der Waals surface area (Å²) < 4.78 is 14.0. The van der Waals surface area contributed by atoms with Gasteiger partial charge in [0.1, 0.15) is 0 Å². The Kier molecular flexibility index (Phi) is 4.86. The largest absolute Gasteiger partial charge is 0.322 e. The van der Waals surface area contributed by atoms with Crippen LogP contribution >= 0.6 is 0 Å². The summed E-state index contributed by atoms with van der Waals surface area (Å²) in [5.74, 6) is 0.185. The normalized spacial score (nSPS) is 11.9. The van der Waals surface area contributed by atoms with Gasteiger partial charge in [-0.15, -0.1) is 0 Å². The monoisotopic (exact) mass is 339 g/mol. The van der Waals surface area contributed by atoms with Crippen molar-refractivity contribution in [1.29, 1.82) is 0 Å². The Morgan fingerprint density at radius 3 is 2.67 bits per heavy atom. The Morgan fingerprint density at radius 1 is 1.17 bits per heavy atom. The molecule has 1 heterocycles. The highest BCUT2D eigenvalue weighted by molar-refractivity contribution is 7.84. The van der Waals surface area contributed by atoms with Gasteiger partial charge >= 0.3 is 0 Å². The molecule has 5 nitrogen and oxygen atoms in total. The van der Waals surface area contributed by atoms with Crippen LogP contribution in [0.4, 0.5) is 5.69 Å². The minimum Gasteiger partial charge on any atom is -0.322 e. The summed E-state index contributed by atoms with van der Waals surface area (Å²) in [4.78, 5) is 13.0. The summed E-state index contributed by atoms with van der Waals surface area (Å²) in [6, 6.07) is 16.7. The van der Waals surface area contributed by atoms with Crippen molar-refractivity contribution < 1.29 is 9.00 Å². The maximum absolute atomic E-state index is 12.4. The van der Waals surface area contributed by atoms with Gasteiger partial charge in [-0.25, -0.2) is 0 Å². The predicted octanol–water partition coefficient (Wildman–Crippen LogP) is 2.98. The van der Waals surface area contributed by atoms with Gasteiger partial charge in [-0.2, -0.15) is 5.10 Å². The molecule has 0 bridgehead atoms. The van der Waals surface area contributed by atoms with E-state index >= 15 is 0 Å². The van der Waals surface area contributed by atoms with Crippen LogP contribution in [0.1, 0.15) is 15.9 Å². The van der Waals surface area contributed by atoms with Crippen molar-refractivity contribution in [2.45, 2.75) is 10.6 Å². The van der Waals surface area contributed by atoms with E-state index in [0.717, 1.165) is 10.5 Å². The van der Waals surface area contributed by atoms with E-state index in [-0.39, 0.29) is 5.91 Å². The van der Waals surface area contributed by atoms with Gasteiger partial charge in [-0.05, 0) is 29.8 Å². The number of aromatic nitrogens is 2. The van der Waals surface area contributed by atoms with E-state index in [1.807, 2.05) is 54.6 Å². The quantitative estimate of drug-likeness (QED) is 0.777. The van der Waals surface area contributed by atoms with Gasteiger partial charge in [-0.1, -0.05) is 30.3 Å². The van der Waals surface area contributed by atoms with Crippen molar-refractivity contribution in [2.75, 3.05) is 5.32 Å². The second kappa shape index (κ2) is 7.23. The Bertz CT molecular complexity index is 875. The van der Waals surface area contributed by atoms with Crippen LogP contribution in [0.2, 0.25) is 0 Å². The Morgan fingerprint density at radius 2 is 1.96 bits per heavy atom. The van der Waals surface area contributed by atoms with Crippen LogP contribution in [0.5, 0.6) is 0 Å². The molecule has 1 aromatic heterocycles. The van der Waals surface area contributed by atoms with Crippen LogP contribution in [-0.2, 0) is 23.6 Å². The zero-order chi connectivity index (χ0) is 16.9. The second-order valence-corrected chi connectivity index (χ2v) is 6.81. The average Bonchev–Trinajstić information content (AvgIpc) is 3.02. The Hall–Kier alpha value is -2.73. The SMILES string of the molecule is Cn1cc(C(=O)Nc2cccc(C[S@](=O)c3ccccc3)c2)cn1. The third-order valence-electron chi connectivity index (χ3n) is 3.46. The van der Waals surface area contributed by atoms with Crippen LogP contribution in [0.25, 0.3) is 0 Å². The van der Waals surface area contributed by atoms with Crippen molar-refractivity contribution in [3.8, 4) is 0 Å². The summed E-state index contributed by atoms with van der Waals surface area (Å²) in [6.45, 7) is 0. The summed E-state index contributed by atoms with van der Waals surface area (Å²) in [5, 5.41) is 6.82. The molecular formula is C18H17N3O2S. The molecule has 3 aromatic rings. The maximum Gasteiger partial charge on any atom is 0.258 e. The molecule has 0 aliphatic rings. The summed E-state index contributed by atoms with van der Waals surface area (Å²) in [6.07, 6.45) is 3.17. The van der Waals surface area contributed by atoms with Crippen LogP contribution in [0.15, 0.2) is 71.9 Å². The molecule has 24 heavy (non-hydrogen) atoms. The molecule has 1 N–H and O–H groups in total. The fourth-order valence-electron chi connectivity index (χ4n) is 2.29. The highest BCUT2D eigenvalue weighted by Gasteiger charge is 2.09. The van der Waals surface area contributed by atoms with Gasteiger partial charge in [0, 0.05) is 23.8 Å². The van der Waals surface area contributed by atoms with Crippen LogP contribution in [0.3, 0.4) is 0 Å². The molecular weight excluding hydrogens is 322 g/mol. The molecule has 2 aromatic carbocycles. The number of benzene rings is 2. The van der Waals surface area contributed by atoms with Crippen molar-refractivity contribution in [1.82, 2.24) is 9.78 Å². The van der Waals surface area contributed by atoms with Crippen LogP contribution in [0, 0.1) is 0 Å². The molecule has 0 radical (unpaired) electrons. The summed E-state index contributed by atoms with van der Waals surface area (Å²) in [5.41, 5.74) is 2.07. The van der Waals surface area contributed by atoms with Crippen LogP contribution in [-0.4, -0.2) is 19.9 Å². The standard InChI is InChI=1S/C18H17N3O2S/c1-21-12-15(11-19-21)18(22)20-16-7-5-6-14(10-16)13-24(23)17-8-3-2-4-9-17/h2-12H,13H2,1H3,(H,20,22)/t24-/m0/s1. The van der Waals surface area contributed by atoms with Crippen molar-refractivity contribution >= 4 is 22.4 Å². The third-order valence-corrected chi connectivity index (χ3v) is 4.85. The molecule has 0 aliphatic carbocycles. The zero-order valence-electron chi connectivity index (χ0n) is 13.2. The molecule has 0 aliphatic heterocycles. The average molecular weight is 339 g/mol. The molecule has 0 spiro atoms. The molecule has 1 atom stereocenters. The van der Waals surface area contributed by atoms with Gasteiger partial charge in [0.05, 0.1) is 28.3 Å². The molecule has 122 valence electrons. The lowest BCUT2D eigenvalue weighted by atomic mass is 10.2. The number of anilines is 1. The van der Waals surface area contributed by atoms with Gasteiger partial charge in [0.25, 0.3) is 5.91 Å². The van der Waals surface area contributed by atoms with Crippen molar-refractivity contribution in [3.63, 3.8) is 0 Å². The van der Waals surface area contributed by atoms with Gasteiger partial charge < -0.3 is 5.32 Å². The number of nitrogens with one attached hydrogen (secondary N) is 1. The lowest BCUT2D eigenvalue weighted by molar-refractivity contribution is 0.102. The first kappa shape index (κ1) is 16.1. The minimum atomic E-state index is -1.11. The number of carbonyl (C=O) groups is 1. The molecule has 1 amide bonds. The van der Waals surface area contributed by atoms with E-state index in [1.54, 1.807) is 17.9 Å². The first-order chi connectivity index (χ1) is 11.6. The van der Waals surface area contributed by atoms with Gasteiger partial charge in [0.15, 0.2) is 0 Å². The van der Waals surface area contributed by atoms with Gasteiger partial charge in [-0.3, -0.25) is 13.7 Å². The third kappa shape index (κ3) is 3.97. The van der Waals surface area contributed by atoms with E-state index in [0.29, 0.717) is 17.0 Å². The summed E-state index contributed by atoms with van der Waals surface area (Å²) >= 11 is 0. The molecule has 0 unspecified atom stereocenters. The van der Waals surface area contributed by atoms with Crippen molar-refractivity contribution in [3.05, 3.63) is 78.1 Å². The highest BCUT2D eigenvalue weighted by Crippen LogP contribution is 2.16. The molecule has 6 heteroatoms. The number of amides is 1. The fourth-order valence-corrected chi connectivity index (χ4v) is 3.40. The van der Waals surface area contributed by atoms with E-state index in [4.69, 9.17) is 0 Å². The molecule has 0 fully saturated rings. The van der Waals surface area contributed by atoms with E-state index in [9.17, 15) is 9.00 Å². The molecule has 3 rings (SSSR count). The highest BCUT2D eigenvalue weighted by atomic mass is 32.2. The number of aryl methyl sites for hydroxylation is 1. The predicted molar refractivity (Wildman–Crippen MR) is 94.2 cm³/mol.